The second kappa shape index (κ2) is 11.1. The van der Waals surface area contributed by atoms with Crippen LogP contribution in [-0.2, 0) is 13.0 Å². The fourth-order valence-electron chi connectivity index (χ4n) is 2.24. The topological polar surface area (TPSA) is 27.7 Å². The third-order valence-electron chi connectivity index (χ3n) is 3.25. The van der Waals surface area contributed by atoms with E-state index in [1.165, 1.54) is 38.5 Å². The summed E-state index contributed by atoms with van der Waals surface area (Å²) in [7, 11) is -3.04. The Morgan fingerprint density at radius 2 is 1.48 bits per heavy atom. The van der Waals surface area contributed by atoms with Crippen molar-refractivity contribution in [2.75, 3.05) is 13.3 Å². The van der Waals surface area contributed by atoms with Gasteiger partial charge < -0.3 is 13.0 Å². The minimum absolute atomic E-state index is 0.741. The molecule has 0 bridgehead atoms. The van der Waals surface area contributed by atoms with Crippen molar-refractivity contribution in [2.45, 2.75) is 84.2 Å². The van der Waals surface area contributed by atoms with Crippen LogP contribution in [0.1, 0.15) is 45.4 Å². The van der Waals surface area contributed by atoms with Crippen LogP contribution >= 0.6 is 0 Å². The van der Waals surface area contributed by atoms with Gasteiger partial charge in [0.05, 0.1) is 8.80 Å². The minimum atomic E-state index is -2.44. The first-order valence-electron chi connectivity index (χ1n) is 8.64. The number of unbranched alkanes of at least 4 members (excludes halogenated alkanes) is 5. The molecule has 128 valence electrons. The molecule has 0 aromatic heterocycles. The summed E-state index contributed by atoms with van der Waals surface area (Å²) < 4.78 is 18.5. The van der Waals surface area contributed by atoms with Crippen LogP contribution in [0.5, 0.6) is 0 Å². The van der Waals surface area contributed by atoms with Gasteiger partial charge >= 0.3 is 8.80 Å². The second-order valence-corrected chi connectivity index (χ2v) is 18.0. The number of hydrogen-bond donors (Lipinski definition) is 0. The van der Waals surface area contributed by atoms with Crippen LogP contribution in [0.2, 0.25) is 38.8 Å². The van der Waals surface area contributed by atoms with Crippen molar-refractivity contribution in [1.29, 1.82) is 0 Å². The highest BCUT2D eigenvalue weighted by Gasteiger charge is 2.43. The van der Waals surface area contributed by atoms with Gasteiger partial charge in [-0.15, -0.1) is 0 Å². The maximum Gasteiger partial charge on any atom is 0.489 e. The highest BCUT2D eigenvalue weighted by atomic mass is 28.5. The van der Waals surface area contributed by atoms with Crippen LogP contribution in [-0.4, -0.2) is 39.3 Å². The summed E-state index contributed by atoms with van der Waals surface area (Å²) in [6.45, 7) is 13.6. The Morgan fingerprint density at radius 1 is 0.905 bits per heavy atom. The average molecular weight is 351 g/mol. The maximum absolute atomic E-state index is 6.41. The summed E-state index contributed by atoms with van der Waals surface area (Å²) >= 11 is 0. The highest BCUT2D eigenvalue weighted by molar-refractivity contribution is 6.80. The third kappa shape index (κ3) is 11.7. The molecule has 0 heterocycles. The van der Waals surface area contributed by atoms with Crippen LogP contribution in [0.3, 0.4) is 0 Å². The lowest BCUT2D eigenvalue weighted by atomic mass is 10.1. The molecular formula is C15H38O3Si3. The molecule has 0 aliphatic rings. The van der Waals surface area contributed by atoms with E-state index in [0.717, 1.165) is 12.3 Å². The van der Waals surface area contributed by atoms with Gasteiger partial charge in [-0.05, 0) is 26.1 Å². The van der Waals surface area contributed by atoms with Crippen molar-refractivity contribution < 1.29 is 13.0 Å². The molecule has 1 unspecified atom stereocenters. The number of hydrogen-bond acceptors (Lipinski definition) is 3. The largest absolute Gasteiger partial charge is 0.489 e. The van der Waals surface area contributed by atoms with E-state index in [2.05, 4.69) is 39.7 Å². The molecule has 0 aliphatic heterocycles. The van der Waals surface area contributed by atoms with E-state index in [1.807, 2.05) is 0 Å². The van der Waals surface area contributed by atoms with Crippen LogP contribution in [0.4, 0.5) is 0 Å². The van der Waals surface area contributed by atoms with Crippen LogP contribution in [0.15, 0.2) is 0 Å². The Morgan fingerprint density at radius 3 is 1.95 bits per heavy atom. The molecule has 0 aromatic rings. The number of rotatable bonds is 13. The lowest BCUT2D eigenvalue weighted by molar-refractivity contribution is 0.146. The quantitative estimate of drug-likeness (QED) is 0.352. The molecule has 0 spiro atoms. The van der Waals surface area contributed by atoms with E-state index in [9.17, 15) is 0 Å². The SMILES string of the molecule is CCCCCCCC[Si](OC)(OC[SiH](C)C)O[Si](C)(C)C. The third-order valence-corrected chi connectivity index (χ3v) is 10.3. The van der Waals surface area contributed by atoms with Gasteiger partial charge in [0.2, 0.25) is 0 Å². The lowest BCUT2D eigenvalue weighted by Gasteiger charge is -2.34. The molecule has 0 saturated carbocycles. The van der Waals surface area contributed by atoms with Gasteiger partial charge in [-0.2, -0.15) is 0 Å². The molecule has 6 heteroatoms. The van der Waals surface area contributed by atoms with E-state index in [1.54, 1.807) is 7.11 Å². The predicted molar refractivity (Wildman–Crippen MR) is 100 cm³/mol. The summed E-state index contributed by atoms with van der Waals surface area (Å²) in [6, 6.07) is 0.987. The minimum Gasteiger partial charge on any atom is -0.416 e. The summed E-state index contributed by atoms with van der Waals surface area (Å²) in [5.41, 5.74) is 0. The van der Waals surface area contributed by atoms with Crippen molar-refractivity contribution >= 4 is 25.9 Å². The molecule has 0 aliphatic carbocycles. The molecular weight excluding hydrogens is 312 g/mol. The van der Waals surface area contributed by atoms with Crippen molar-refractivity contribution in [1.82, 2.24) is 0 Å². The summed E-state index contributed by atoms with van der Waals surface area (Å²) in [5, 5.41) is 0. The van der Waals surface area contributed by atoms with Crippen LogP contribution in [0, 0.1) is 0 Å². The molecule has 3 nitrogen and oxygen atoms in total. The smallest absolute Gasteiger partial charge is 0.416 e. The van der Waals surface area contributed by atoms with Gasteiger partial charge in [-0.3, -0.25) is 0 Å². The van der Waals surface area contributed by atoms with Crippen molar-refractivity contribution in [3.8, 4) is 0 Å². The maximum atomic E-state index is 6.41. The monoisotopic (exact) mass is 350 g/mol. The first-order chi connectivity index (χ1) is 9.74. The first kappa shape index (κ1) is 21.5. The van der Waals surface area contributed by atoms with E-state index in [0.29, 0.717) is 0 Å². The molecule has 21 heavy (non-hydrogen) atoms. The molecule has 0 amide bonds. The Bertz CT molecular complexity index is 257. The predicted octanol–water partition coefficient (Wildman–Crippen LogP) is 4.83. The molecule has 0 radical (unpaired) electrons. The average Bonchev–Trinajstić information content (AvgIpc) is 2.38. The van der Waals surface area contributed by atoms with Crippen molar-refractivity contribution in [2.24, 2.45) is 0 Å². The Hall–Kier alpha value is 0.531. The summed E-state index contributed by atoms with van der Waals surface area (Å²) in [6.07, 6.45) is 8.66. The first-order valence-corrected chi connectivity index (χ1v) is 17.1. The van der Waals surface area contributed by atoms with Crippen molar-refractivity contribution in [3.63, 3.8) is 0 Å². The van der Waals surface area contributed by atoms with Crippen LogP contribution < -0.4 is 0 Å². The Balaban J connectivity index is 4.40. The van der Waals surface area contributed by atoms with Crippen LogP contribution in [0.25, 0.3) is 0 Å². The van der Waals surface area contributed by atoms with Gasteiger partial charge in [-0.25, -0.2) is 0 Å². The molecule has 0 saturated heterocycles. The zero-order chi connectivity index (χ0) is 16.4. The van der Waals surface area contributed by atoms with E-state index in [4.69, 9.17) is 13.0 Å². The van der Waals surface area contributed by atoms with Crippen molar-refractivity contribution in [3.05, 3.63) is 0 Å². The second-order valence-electron chi connectivity index (χ2n) is 7.32. The van der Waals surface area contributed by atoms with Gasteiger partial charge in [0.25, 0.3) is 0 Å². The highest BCUT2D eigenvalue weighted by Crippen LogP contribution is 2.24. The van der Waals surface area contributed by atoms with E-state index in [-0.39, 0.29) is 0 Å². The fourth-order valence-corrected chi connectivity index (χ4v) is 10.4. The molecule has 0 fully saturated rings. The lowest BCUT2D eigenvalue weighted by Crippen LogP contribution is -2.52. The standard InChI is InChI=1S/C15H38O3Si3/c1-8-9-10-11-12-13-14-21(16-2,17-15-19(3)4)18-20(5,6)7/h19H,8-15H2,1-7H3. The summed E-state index contributed by atoms with van der Waals surface area (Å²) in [5.74, 6) is 0. The van der Waals surface area contributed by atoms with E-state index >= 15 is 0 Å². The zero-order valence-corrected chi connectivity index (χ0v) is 18.6. The normalized spacial score (nSPS) is 15.4. The van der Waals surface area contributed by atoms with Gasteiger partial charge in [0.1, 0.15) is 0 Å². The molecule has 1 atom stereocenters. The molecule has 0 rings (SSSR count). The Labute approximate surface area is 136 Å². The zero-order valence-electron chi connectivity index (χ0n) is 15.5. The summed E-state index contributed by atoms with van der Waals surface area (Å²) in [4.78, 5) is 0. The van der Waals surface area contributed by atoms with Gasteiger partial charge in [0.15, 0.2) is 8.32 Å². The fraction of sp³-hybridized carbons (Fsp3) is 1.00. The molecule has 0 N–H and O–H groups in total. The van der Waals surface area contributed by atoms with Gasteiger partial charge in [-0.1, -0.05) is 52.1 Å². The molecule has 0 aromatic carbocycles. The Kier molecular flexibility index (Phi) is 11.4. The van der Waals surface area contributed by atoms with Gasteiger partial charge in [0, 0.05) is 19.4 Å². The van der Waals surface area contributed by atoms with E-state index < -0.39 is 25.9 Å².